The van der Waals surface area contributed by atoms with E-state index < -0.39 is 0 Å². The number of ether oxygens (including phenoxy) is 2. The molecule has 1 fully saturated rings. The van der Waals surface area contributed by atoms with Gasteiger partial charge in [0.1, 0.15) is 0 Å². The molecule has 3 nitrogen and oxygen atoms in total. The fourth-order valence-electron chi connectivity index (χ4n) is 1.86. The number of hydrogen-bond acceptors (Lipinski definition) is 3. The van der Waals surface area contributed by atoms with Gasteiger partial charge in [-0.15, -0.1) is 0 Å². The van der Waals surface area contributed by atoms with Crippen molar-refractivity contribution in [2.45, 2.75) is 31.8 Å². The van der Waals surface area contributed by atoms with Gasteiger partial charge >= 0.3 is 5.97 Å². The lowest BCUT2D eigenvalue weighted by atomic mass is 10.0. The lowest BCUT2D eigenvalue weighted by Gasteiger charge is -2.18. The van der Waals surface area contributed by atoms with Gasteiger partial charge in [0.25, 0.3) is 0 Å². The highest BCUT2D eigenvalue weighted by Crippen LogP contribution is 2.29. The van der Waals surface area contributed by atoms with E-state index in [1.165, 1.54) is 20.0 Å². The smallest absolute Gasteiger partial charge is 0.335 e. The highest BCUT2D eigenvalue weighted by molar-refractivity contribution is 5.74. The molecule has 70 valence electrons. The average molecular weight is 172 g/mol. The van der Waals surface area contributed by atoms with Gasteiger partial charge in [-0.25, -0.2) is 4.79 Å². The summed E-state index contributed by atoms with van der Waals surface area (Å²) in [5.74, 6) is 0.145. The van der Waals surface area contributed by atoms with E-state index in [1.807, 2.05) is 0 Å². The molecule has 0 aromatic carbocycles. The second kappa shape index (κ2) is 4.45. The summed E-state index contributed by atoms with van der Waals surface area (Å²) in [4.78, 5) is 11.2. The Labute approximate surface area is 73.0 Å². The van der Waals surface area contributed by atoms with E-state index in [0.29, 0.717) is 5.92 Å². The largest absolute Gasteiger partial charge is 0.467 e. The monoisotopic (exact) mass is 172 g/mol. The molecule has 0 aromatic heterocycles. The minimum Gasteiger partial charge on any atom is -0.467 e. The fraction of sp³-hybridized carbons (Fsp3) is 0.889. The molecular weight excluding hydrogens is 156 g/mol. The number of carbonyl (C=O) groups excluding carboxylic acids is 1. The molecular formula is C9H16O3. The van der Waals surface area contributed by atoms with Crippen LogP contribution in [-0.2, 0) is 14.3 Å². The van der Waals surface area contributed by atoms with E-state index >= 15 is 0 Å². The average Bonchev–Trinajstić information content (AvgIpc) is 2.58. The molecule has 0 heterocycles. The summed E-state index contributed by atoms with van der Waals surface area (Å²) in [7, 11) is 2.98. The molecule has 0 unspecified atom stereocenters. The van der Waals surface area contributed by atoms with Crippen LogP contribution in [0, 0.1) is 5.92 Å². The van der Waals surface area contributed by atoms with Crippen LogP contribution in [0.2, 0.25) is 0 Å². The topological polar surface area (TPSA) is 35.5 Å². The molecule has 0 saturated heterocycles. The van der Waals surface area contributed by atoms with E-state index in [-0.39, 0.29) is 12.1 Å². The van der Waals surface area contributed by atoms with Gasteiger partial charge in [0, 0.05) is 7.11 Å². The van der Waals surface area contributed by atoms with Crippen LogP contribution in [-0.4, -0.2) is 26.3 Å². The molecule has 0 amide bonds. The molecule has 0 radical (unpaired) electrons. The molecule has 12 heavy (non-hydrogen) atoms. The quantitative estimate of drug-likeness (QED) is 0.603. The zero-order chi connectivity index (χ0) is 8.97. The lowest BCUT2D eigenvalue weighted by molar-refractivity contribution is -0.155. The van der Waals surface area contributed by atoms with Gasteiger partial charge in [-0.1, -0.05) is 12.8 Å². The van der Waals surface area contributed by atoms with Crippen molar-refractivity contribution in [3.8, 4) is 0 Å². The van der Waals surface area contributed by atoms with Crippen LogP contribution in [0.1, 0.15) is 25.7 Å². The van der Waals surface area contributed by atoms with Gasteiger partial charge in [0.15, 0.2) is 6.10 Å². The minimum absolute atomic E-state index is 0.232. The Kier molecular flexibility index (Phi) is 3.53. The Hall–Kier alpha value is -0.570. The van der Waals surface area contributed by atoms with Crippen molar-refractivity contribution >= 4 is 5.97 Å². The Balaban J connectivity index is 2.48. The second-order valence-electron chi connectivity index (χ2n) is 3.22. The molecule has 0 aromatic rings. The van der Waals surface area contributed by atoms with E-state index in [4.69, 9.17) is 4.74 Å². The van der Waals surface area contributed by atoms with Gasteiger partial charge in [-0.05, 0) is 18.8 Å². The van der Waals surface area contributed by atoms with Crippen molar-refractivity contribution in [1.82, 2.24) is 0 Å². The van der Waals surface area contributed by atoms with Crippen molar-refractivity contribution < 1.29 is 14.3 Å². The van der Waals surface area contributed by atoms with E-state index in [2.05, 4.69) is 4.74 Å². The number of esters is 1. The molecule has 0 spiro atoms. The maximum atomic E-state index is 11.2. The Morgan fingerprint density at radius 1 is 1.33 bits per heavy atom. The molecule has 1 atom stereocenters. The predicted molar refractivity (Wildman–Crippen MR) is 44.8 cm³/mol. The summed E-state index contributed by atoms with van der Waals surface area (Å²) in [6.07, 6.45) is 4.27. The summed E-state index contributed by atoms with van der Waals surface area (Å²) in [5, 5.41) is 0. The number of carbonyl (C=O) groups is 1. The SMILES string of the molecule is COC(=O)[C@H](OC)C1CCCC1. The van der Waals surface area contributed by atoms with Crippen LogP contribution in [0.4, 0.5) is 0 Å². The first-order valence-electron chi connectivity index (χ1n) is 4.40. The van der Waals surface area contributed by atoms with E-state index in [1.54, 1.807) is 7.11 Å². The number of methoxy groups -OCH3 is 2. The molecule has 1 rings (SSSR count). The van der Waals surface area contributed by atoms with Crippen molar-refractivity contribution in [1.29, 1.82) is 0 Å². The van der Waals surface area contributed by atoms with Crippen LogP contribution in [0.15, 0.2) is 0 Å². The normalized spacial score (nSPS) is 20.8. The molecule has 1 saturated carbocycles. The van der Waals surface area contributed by atoms with Crippen molar-refractivity contribution in [3.05, 3.63) is 0 Å². The number of rotatable bonds is 3. The molecule has 0 bridgehead atoms. The van der Waals surface area contributed by atoms with Gasteiger partial charge in [-0.2, -0.15) is 0 Å². The third-order valence-electron chi connectivity index (χ3n) is 2.52. The van der Waals surface area contributed by atoms with Crippen molar-refractivity contribution in [2.24, 2.45) is 5.92 Å². The van der Waals surface area contributed by atoms with Gasteiger partial charge in [0.2, 0.25) is 0 Å². The first-order valence-corrected chi connectivity index (χ1v) is 4.40. The lowest BCUT2D eigenvalue weighted by Crippen LogP contribution is -2.31. The predicted octanol–water partition coefficient (Wildman–Crippen LogP) is 1.36. The highest BCUT2D eigenvalue weighted by Gasteiger charge is 2.31. The fourth-order valence-corrected chi connectivity index (χ4v) is 1.86. The van der Waals surface area contributed by atoms with E-state index in [9.17, 15) is 4.79 Å². The summed E-state index contributed by atoms with van der Waals surface area (Å²) in [6.45, 7) is 0. The van der Waals surface area contributed by atoms with Gasteiger partial charge < -0.3 is 9.47 Å². The van der Waals surface area contributed by atoms with Crippen LogP contribution in [0.5, 0.6) is 0 Å². The summed E-state index contributed by atoms with van der Waals surface area (Å²) >= 11 is 0. The van der Waals surface area contributed by atoms with Gasteiger partial charge in [-0.3, -0.25) is 0 Å². The van der Waals surface area contributed by atoms with Crippen LogP contribution < -0.4 is 0 Å². The Morgan fingerprint density at radius 3 is 2.33 bits per heavy atom. The molecule has 1 aliphatic carbocycles. The minimum atomic E-state index is -0.336. The molecule has 1 aliphatic rings. The zero-order valence-corrected chi connectivity index (χ0v) is 7.71. The van der Waals surface area contributed by atoms with Crippen LogP contribution in [0.3, 0.4) is 0 Å². The van der Waals surface area contributed by atoms with Crippen LogP contribution >= 0.6 is 0 Å². The maximum Gasteiger partial charge on any atom is 0.335 e. The molecule has 3 heteroatoms. The molecule has 0 aliphatic heterocycles. The van der Waals surface area contributed by atoms with Crippen LogP contribution in [0.25, 0.3) is 0 Å². The highest BCUT2D eigenvalue weighted by atomic mass is 16.6. The standard InChI is InChI=1S/C9H16O3/c1-11-8(9(10)12-2)7-5-3-4-6-7/h7-8H,3-6H2,1-2H3/t8-/m1/s1. The summed E-state index contributed by atoms with van der Waals surface area (Å²) in [5.41, 5.74) is 0. The number of hydrogen-bond donors (Lipinski definition) is 0. The summed E-state index contributed by atoms with van der Waals surface area (Å²) in [6, 6.07) is 0. The van der Waals surface area contributed by atoms with Crippen molar-refractivity contribution in [2.75, 3.05) is 14.2 Å². The van der Waals surface area contributed by atoms with Gasteiger partial charge in [0.05, 0.1) is 7.11 Å². The Morgan fingerprint density at radius 2 is 1.92 bits per heavy atom. The first-order chi connectivity index (χ1) is 5.79. The van der Waals surface area contributed by atoms with E-state index in [0.717, 1.165) is 12.8 Å². The van der Waals surface area contributed by atoms with Crippen molar-refractivity contribution in [3.63, 3.8) is 0 Å². The first kappa shape index (κ1) is 9.52. The molecule has 0 N–H and O–H groups in total. The third-order valence-corrected chi connectivity index (χ3v) is 2.52. The Bertz CT molecular complexity index is 150. The summed E-state index contributed by atoms with van der Waals surface area (Å²) < 4.78 is 9.76. The third kappa shape index (κ3) is 1.97. The second-order valence-corrected chi connectivity index (χ2v) is 3.22. The maximum absolute atomic E-state index is 11.2. The zero-order valence-electron chi connectivity index (χ0n) is 7.71.